The molecule has 0 bridgehead atoms. The van der Waals surface area contributed by atoms with Crippen molar-refractivity contribution in [2.24, 2.45) is 5.41 Å². The molecule has 1 aromatic heterocycles. The maximum absolute atomic E-state index is 5.73. The molecule has 1 aromatic carbocycles. The van der Waals surface area contributed by atoms with Gasteiger partial charge >= 0.3 is 0 Å². The van der Waals surface area contributed by atoms with Gasteiger partial charge in [-0.2, -0.15) is 0 Å². The van der Waals surface area contributed by atoms with Crippen molar-refractivity contribution >= 4 is 50.4 Å². The van der Waals surface area contributed by atoms with Crippen molar-refractivity contribution in [1.82, 2.24) is 5.48 Å². The highest BCUT2D eigenvalue weighted by atomic mass is 32.2. The topological polar surface area (TPSA) is 21.3 Å². The zero-order valence-electron chi connectivity index (χ0n) is 14.5. The summed E-state index contributed by atoms with van der Waals surface area (Å²) in [6.45, 7) is 9.02. The van der Waals surface area contributed by atoms with Crippen LogP contribution in [0.5, 0.6) is 0 Å². The van der Waals surface area contributed by atoms with E-state index in [-0.39, 0.29) is 10.7 Å². The van der Waals surface area contributed by atoms with Crippen LogP contribution in [0.3, 0.4) is 0 Å². The highest BCUT2D eigenvalue weighted by molar-refractivity contribution is 8.00. The van der Waals surface area contributed by atoms with E-state index in [0.717, 1.165) is 12.0 Å². The zero-order valence-corrected chi connectivity index (χ0v) is 17.0. The molecule has 2 rings (SSSR count). The van der Waals surface area contributed by atoms with Crippen LogP contribution in [0.1, 0.15) is 39.7 Å². The van der Waals surface area contributed by atoms with Crippen LogP contribution in [0, 0.1) is 17.8 Å². The smallest absolute Gasteiger partial charge is 0.101 e. The fraction of sp³-hybridized carbons (Fsp3) is 0.421. The number of thiocarbonyl (C=S) groups is 1. The minimum atomic E-state index is 0.0642. The van der Waals surface area contributed by atoms with E-state index in [2.05, 4.69) is 55.8 Å². The minimum absolute atomic E-state index is 0.0642. The molecule has 24 heavy (non-hydrogen) atoms. The highest BCUT2D eigenvalue weighted by Crippen LogP contribution is 2.37. The molecular weight excluding hydrogens is 354 g/mol. The maximum atomic E-state index is 5.73. The molecule has 0 saturated carbocycles. The van der Waals surface area contributed by atoms with Gasteiger partial charge in [0.25, 0.3) is 0 Å². The number of hydrogen-bond donors (Lipinski definition) is 1. The van der Waals surface area contributed by atoms with Crippen LogP contribution in [0.25, 0.3) is 10.1 Å². The normalized spacial score (nSPS) is 12.8. The summed E-state index contributed by atoms with van der Waals surface area (Å²) in [4.78, 5) is 7.42. The number of thiophene rings is 1. The lowest BCUT2D eigenvalue weighted by Gasteiger charge is -2.25. The Labute approximate surface area is 158 Å². The average Bonchev–Trinajstić information content (AvgIpc) is 2.93. The Morgan fingerprint density at radius 2 is 2.21 bits per heavy atom. The standard InChI is InChI=1S/C19H23NOS3/c1-6-17(19(3,4)5)24-14-8-9-16-15(10-14)13(12-23-16)11-21-20-18(22)7-2/h1,8-10,12,17H,7,11H2,2-5H3,(H,20,22). The Balaban J connectivity index is 2.16. The molecule has 5 heteroatoms. The van der Waals surface area contributed by atoms with E-state index in [1.807, 2.05) is 6.92 Å². The predicted octanol–water partition coefficient (Wildman–Crippen LogP) is 5.80. The van der Waals surface area contributed by atoms with Crippen LogP contribution in [0.4, 0.5) is 0 Å². The van der Waals surface area contributed by atoms with Crippen molar-refractivity contribution in [2.75, 3.05) is 0 Å². The molecule has 0 spiro atoms. The summed E-state index contributed by atoms with van der Waals surface area (Å²) in [6, 6.07) is 6.52. The number of hydroxylamine groups is 1. The summed E-state index contributed by atoms with van der Waals surface area (Å²) in [5.74, 6) is 2.92. The Kier molecular flexibility index (Phi) is 6.70. The van der Waals surface area contributed by atoms with Crippen LogP contribution in [0.2, 0.25) is 0 Å². The molecule has 128 valence electrons. The number of rotatable bonds is 6. The summed E-state index contributed by atoms with van der Waals surface area (Å²) < 4.78 is 1.25. The van der Waals surface area contributed by atoms with Crippen molar-refractivity contribution in [3.63, 3.8) is 0 Å². The van der Waals surface area contributed by atoms with E-state index in [4.69, 9.17) is 23.5 Å². The first-order valence-electron chi connectivity index (χ1n) is 7.88. The number of nitrogens with one attached hydrogen (secondary N) is 1. The van der Waals surface area contributed by atoms with Gasteiger partial charge in [-0.05, 0) is 46.4 Å². The van der Waals surface area contributed by atoms with E-state index >= 15 is 0 Å². The fourth-order valence-corrected chi connectivity index (χ4v) is 4.12. The van der Waals surface area contributed by atoms with Crippen molar-refractivity contribution in [1.29, 1.82) is 0 Å². The second kappa shape index (κ2) is 8.35. The lowest BCUT2D eigenvalue weighted by atomic mass is 9.92. The van der Waals surface area contributed by atoms with Gasteiger partial charge in [0.05, 0.1) is 5.25 Å². The van der Waals surface area contributed by atoms with Gasteiger partial charge < -0.3 is 0 Å². The van der Waals surface area contributed by atoms with Gasteiger partial charge in [0.15, 0.2) is 0 Å². The predicted molar refractivity (Wildman–Crippen MR) is 111 cm³/mol. The first-order chi connectivity index (χ1) is 11.3. The molecule has 1 atom stereocenters. The highest BCUT2D eigenvalue weighted by Gasteiger charge is 2.23. The first kappa shape index (κ1) is 19.3. The molecular formula is C19H23NOS3. The number of thioether (sulfide) groups is 1. The second-order valence-corrected chi connectivity index (χ2v) is 9.20. The van der Waals surface area contributed by atoms with Crippen LogP contribution >= 0.6 is 35.3 Å². The lowest BCUT2D eigenvalue weighted by Crippen LogP contribution is -2.21. The van der Waals surface area contributed by atoms with Crippen molar-refractivity contribution in [3.05, 3.63) is 29.1 Å². The number of benzene rings is 1. The van der Waals surface area contributed by atoms with E-state index < -0.39 is 0 Å². The molecule has 1 N–H and O–H groups in total. The quantitative estimate of drug-likeness (QED) is 0.297. The van der Waals surface area contributed by atoms with Crippen LogP contribution in [-0.4, -0.2) is 10.2 Å². The molecule has 0 radical (unpaired) electrons. The third-order valence-electron chi connectivity index (χ3n) is 3.55. The zero-order chi connectivity index (χ0) is 17.7. The summed E-state index contributed by atoms with van der Waals surface area (Å²) in [6.07, 6.45) is 6.51. The Bertz CT molecular complexity index is 752. The van der Waals surface area contributed by atoms with Crippen molar-refractivity contribution < 1.29 is 4.84 Å². The van der Waals surface area contributed by atoms with E-state index in [0.29, 0.717) is 11.6 Å². The summed E-state index contributed by atoms with van der Waals surface area (Å²) in [5, 5.41) is 3.49. The summed E-state index contributed by atoms with van der Waals surface area (Å²) >= 11 is 8.58. The van der Waals surface area contributed by atoms with E-state index in [1.165, 1.54) is 15.0 Å². The molecule has 0 aliphatic rings. The van der Waals surface area contributed by atoms with Gasteiger partial charge in [-0.3, -0.25) is 10.3 Å². The van der Waals surface area contributed by atoms with Gasteiger partial charge in [0, 0.05) is 9.60 Å². The van der Waals surface area contributed by atoms with E-state index in [1.54, 1.807) is 23.1 Å². The molecule has 2 nitrogen and oxygen atoms in total. The van der Waals surface area contributed by atoms with Gasteiger partial charge in [-0.1, -0.05) is 45.8 Å². The fourth-order valence-electron chi connectivity index (χ4n) is 2.11. The largest absolute Gasteiger partial charge is 0.271 e. The third-order valence-corrected chi connectivity index (χ3v) is 6.54. The molecule has 2 aromatic rings. The molecule has 0 fully saturated rings. The maximum Gasteiger partial charge on any atom is 0.101 e. The molecule has 0 aliphatic heterocycles. The Morgan fingerprint density at radius 1 is 1.46 bits per heavy atom. The van der Waals surface area contributed by atoms with E-state index in [9.17, 15) is 0 Å². The molecule has 1 unspecified atom stereocenters. The van der Waals surface area contributed by atoms with Gasteiger partial charge in [-0.25, -0.2) is 0 Å². The van der Waals surface area contributed by atoms with Gasteiger partial charge in [0.2, 0.25) is 0 Å². The van der Waals surface area contributed by atoms with Crippen LogP contribution in [-0.2, 0) is 11.4 Å². The Morgan fingerprint density at radius 3 is 2.83 bits per heavy atom. The first-order valence-corrected chi connectivity index (χ1v) is 10.1. The monoisotopic (exact) mass is 377 g/mol. The lowest BCUT2D eigenvalue weighted by molar-refractivity contribution is 0.0726. The van der Waals surface area contributed by atoms with Gasteiger partial charge in [0.1, 0.15) is 11.6 Å². The molecule has 0 saturated heterocycles. The molecule has 0 aliphatic carbocycles. The number of fused-ring (bicyclic) bond motifs is 1. The van der Waals surface area contributed by atoms with Gasteiger partial charge in [-0.15, -0.1) is 29.5 Å². The SMILES string of the molecule is C#CC(Sc1ccc2scc(CONC(=S)CC)c2c1)C(C)(C)C. The van der Waals surface area contributed by atoms with Crippen LogP contribution < -0.4 is 5.48 Å². The minimum Gasteiger partial charge on any atom is -0.271 e. The average molecular weight is 378 g/mol. The number of hydrogen-bond acceptors (Lipinski definition) is 4. The van der Waals surface area contributed by atoms with Crippen molar-refractivity contribution in [2.45, 2.75) is 50.9 Å². The Hall–Kier alpha value is -1.06. The number of terminal acetylenes is 1. The summed E-state index contributed by atoms with van der Waals surface area (Å²) in [5.41, 5.74) is 4.04. The summed E-state index contributed by atoms with van der Waals surface area (Å²) in [7, 11) is 0. The van der Waals surface area contributed by atoms with Crippen LogP contribution in [0.15, 0.2) is 28.5 Å². The van der Waals surface area contributed by atoms with Crippen molar-refractivity contribution in [3.8, 4) is 12.3 Å². The third kappa shape index (κ3) is 4.97. The second-order valence-electron chi connectivity index (χ2n) is 6.62. The molecule has 0 amide bonds. The molecule has 1 heterocycles.